The third kappa shape index (κ3) is 2.88. The number of H-pyrrole nitrogens is 1. The summed E-state index contributed by atoms with van der Waals surface area (Å²) in [6.45, 7) is -0.205. The lowest BCUT2D eigenvalue weighted by molar-refractivity contribution is -0.274. The van der Waals surface area contributed by atoms with Gasteiger partial charge in [-0.3, -0.25) is 4.79 Å². The number of ether oxygens (including phenoxy) is 1. The molecule has 0 radical (unpaired) electrons. The third-order valence-electron chi connectivity index (χ3n) is 1.56. The molecule has 0 aromatic carbocycles. The third-order valence-corrected chi connectivity index (χ3v) is 1.56. The second-order valence-electron chi connectivity index (χ2n) is 2.65. The predicted octanol–water partition coefficient (Wildman–Crippen LogP) is 0.314. The number of rotatable bonds is 2. The van der Waals surface area contributed by atoms with Gasteiger partial charge in [0.25, 0.3) is 5.56 Å². The van der Waals surface area contributed by atoms with Crippen molar-refractivity contribution >= 4 is 5.82 Å². The van der Waals surface area contributed by atoms with Crippen molar-refractivity contribution in [2.75, 3.05) is 5.73 Å². The summed E-state index contributed by atoms with van der Waals surface area (Å²) in [5.41, 5.74) is 9.59. The molecule has 5 N–H and O–H groups in total. The van der Waals surface area contributed by atoms with Crippen LogP contribution in [0.15, 0.2) is 10.9 Å². The molecule has 1 rings (SSSR count). The van der Waals surface area contributed by atoms with E-state index in [4.69, 9.17) is 11.5 Å². The van der Waals surface area contributed by atoms with Gasteiger partial charge in [-0.25, -0.2) is 0 Å². The molecule has 0 bridgehead atoms. The van der Waals surface area contributed by atoms with Gasteiger partial charge in [-0.05, 0) is 6.07 Å². The Morgan fingerprint density at radius 2 is 2.07 bits per heavy atom. The van der Waals surface area contributed by atoms with Gasteiger partial charge in [-0.15, -0.1) is 13.2 Å². The first-order chi connectivity index (χ1) is 6.83. The molecule has 0 saturated heterocycles. The van der Waals surface area contributed by atoms with Crippen LogP contribution < -0.4 is 21.8 Å². The van der Waals surface area contributed by atoms with Crippen molar-refractivity contribution in [2.45, 2.75) is 12.9 Å². The molecule has 15 heavy (non-hydrogen) atoms. The number of hydrogen-bond donors (Lipinski definition) is 3. The summed E-state index contributed by atoms with van der Waals surface area (Å²) in [4.78, 5) is 13.0. The summed E-state index contributed by atoms with van der Waals surface area (Å²) in [6.07, 6.45) is -4.86. The second kappa shape index (κ2) is 3.81. The van der Waals surface area contributed by atoms with Gasteiger partial charge in [0.15, 0.2) is 5.75 Å². The van der Waals surface area contributed by atoms with Crippen LogP contribution in [0.5, 0.6) is 5.75 Å². The number of hydrogen-bond acceptors (Lipinski definition) is 4. The zero-order valence-corrected chi connectivity index (χ0v) is 7.39. The van der Waals surface area contributed by atoms with E-state index in [1.54, 1.807) is 0 Å². The summed E-state index contributed by atoms with van der Waals surface area (Å²) < 4.78 is 39.1. The van der Waals surface area contributed by atoms with Gasteiger partial charge in [0.1, 0.15) is 5.82 Å². The summed E-state index contributed by atoms with van der Waals surface area (Å²) >= 11 is 0. The Morgan fingerprint density at radius 1 is 1.47 bits per heavy atom. The van der Waals surface area contributed by atoms with Crippen LogP contribution in [0.2, 0.25) is 0 Å². The van der Waals surface area contributed by atoms with Gasteiger partial charge in [-0.1, -0.05) is 0 Å². The maximum atomic E-state index is 11.9. The van der Waals surface area contributed by atoms with E-state index in [2.05, 4.69) is 4.74 Å². The lowest BCUT2D eigenvalue weighted by atomic mass is 10.2. The van der Waals surface area contributed by atoms with Crippen molar-refractivity contribution in [3.05, 3.63) is 22.0 Å². The number of nitrogens with two attached hydrogens (primary N) is 2. The minimum absolute atomic E-state index is 0.0385. The lowest BCUT2D eigenvalue weighted by Crippen LogP contribution is -2.22. The molecule has 0 unspecified atom stereocenters. The number of nitrogens with one attached hydrogen (secondary N) is 1. The van der Waals surface area contributed by atoms with E-state index in [0.29, 0.717) is 0 Å². The minimum Gasteiger partial charge on any atom is -0.402 e. The summed E-state index contributed by atoms with van der Waals surface area (Å²) in [5, 5.41) is 0. The van der Waals surface area contributed by atoms with Gasteiger partial charge < -0.3 is 21.2 Å². The first-order valence-corrected chi connectivity index (χ1v) is 3.81. The molecule has 0 fully saturated rings. The molecule has 8 heteroatoms. The van der Waals surface area contributed by atoms with Crippen molar-refractivity contribution in [1.82, 2.24) is 4.98 Å². The maximum Gasteiger partial charge on any atom is 0.573 e. The molecular weight excluding hydrogens is 215 g/mol. The molecule has 1 aromatic rings. The molecule has 0 saturated carbocycles. The molecular formula is C7H8F3N3O2. The van der Waals surface area contributed by atoms with Crippen LogP contribution in [0.25, 0.3) is 0 Å². The zero-order valence-electron chi connectivity index (χ0n) is 7.39. The van der Waals surface area contributed by atoms with Crippen LogP contribution in [0.1, 0.15) is 5.56 Å². The molecule has 1 aromatic heterocycles. The topological polar surface area (TPSA) is 94.1 Å². The van der Waals surface area contributed by atoms with Crippen LogP contribution in [-0.2, 0) is 6.54 Å². The van der Waals surface area contributed by atoms with E-state index < -0.39 is 23.5 Å². The number of halogens is 3. The van der Waals surface area contributed by atoms with E-state index in [-0.39, 0.29) is 12.1 Å². The largest absolute Gasteiger partial charge is 0.573 e. The Morgan fingerprint density at radius 3 is 2.53 bits per heavy atom. The fourth-order valence-electron chi connectivity index (χ4n) is 0.926. The molecule has 0 spiro atoms. The number of anilines is 1. The number of aromatic amines is 1. The van der Waals surface area contributed by atoms with Crippen molar-refractivity contribution in [2.24, 2.45) is 5.73 Å². The summed E-state index contributed by atoms with van der Waals surface area (Å²) in [6, 6.07) is 0.863. The molecule has 0 atom stereocenters. The summed E-state index contributed by atoms with van der Waals surface area (Å²) in [7, 11) is 0. The highest BCUT2D eigenvalue weighted by Gasteiger charge is 2.32. The number of pyridine rings is 1. The quantitative estimate of drug-likeness (QED) is 0.672. The molecule has 0 aliphatic carbocycles. The van der Waals surface area contributed by atoms with Crippen molar-refractivity contribution in [3.8, 4) is 5.75 Å². The molecule has 1 heterocycles. The van der Waals surface area contributed by atoms with E-state index in [1.165, 1.54) is 0 Å². The fourth-order valence-corrected chi connectivity index (χ4v) is 0.926. The highest BCUT2D eigenvalue weighted by molar-refractivity contribution is 5.47. The van der Waals surface area contributed by atoms with Gasteiger partial charge in [0.05, 0.1) is 0 Å². The van der Waals surface area contributed by atoms with Crippen LogP contribution >= 0.6 is 0 Å². The van der Waals surface area contributed by atoms with E-state index in [1.807, 2.05) is 4.98 Å². The fraction of sp³-hybridized carbons (Fsp3) is 0.286. The van der Waals surface area contributed by atoms with Crippen molar-refractivity contribution in [1.29, 1.82) is 0 Å². The maximum absolute atomic E-state index is 11.9. The first-order valence-electron chi connectivity index (χ1n) is 3.81. The molecule has 84 valence electrons. The van der Waals surface area contributed by atoms with E-state index in [0.717, 1.165) is 6.07 Å². The minimum atomic E-state index is -4.86. The Kier molecular flexibility index (Phi) is 2.89. The summed E-state index contributed by atoms with van der Waals surface area (Å²) in [5.74, 6) is -1.16. The Labute approximate surface area is 81.8 Å². The predicted molar refractivity (Wildman–Crippen MR) is 46.0 cm³/mol. The Bertz CT molecular complexity index is 413. The average Bonchev–Trinajstić information content (AvgIpc) is 2.07. The van der Waals surface area contributed by atoms with Crippen LogP contribution in [0.4, 0.5) is 19.0 Å². The first kappa shape index (κ1) is 11.4. The van der Waals surface area contributed by atoms with Gasteiger partial charge >= 0.3 is 6.36 Å². The van der Waals surface area contributed by atoms with Gasteiger partial charge in [-0.2, -0.15) is 0 Å². The highest BCUT2D eigenvalue weighted by Crippen LogP contribution is 2.26. The van der Waals surface area contributed by atoms with Crippen molar-refractivity contribution < 1.29 is 17.9 Å². The number of alkyl halides is 3. The smallest absolute Gasteiger partial charge is 0.402 e. The molecule has 0 amide bonds. The number of nitrogen functional groups attached to an aromatic ring is 1. The molecule has 0 aliphatic rings. The lowest BCUT2D eigenvalue weighted by Gasteiger charge is -2.11. The Hall–Kier alpha value is -1.70. The van der Waals surface area contributed by atoms with Crippen LogP contribution in [0, 0.1) is 0 Å². The average molecular weight is 223 g/mol. The zero-order chi connectivity index (χ0) is 11.6. The normalized spacial score (nSPS) is 11.5. The van der Waals surface area contributed by atoms with Gasteiger partial charge in [0, 0.05) is 12.1 Å². The van der Waals surface area contributed by atoms with E-state index in [9.17, 15) is 18.0 Å². The Balaban J connectivity index is 3.14. The highest BCUT2D eigenvalue weighted by atomic mass is 19.4. The van der Waals surface area contributed by atoms with Crippen molar-refractivity contribution in [3.63, 3.8) is 0 Å². The van der Waals surface area contributed by atoms with E-state index >= 15 is 0 Å². The second-order valence-corrected chi connectivity index (χ2v) is 2.65. The SMILES string of the molecule is NCc1cc(OC(F)(F)F)c(N)[nH]c1=O. The van der Waals surface area contributed by atoms with Crippen LogP contribution in [0.3, 0.4) is 0 Å². The number of aromatic nitrogens is 1. The monoisotopic (exact) mass is 223 g/mol. The van der Waals surface area contributed by atoms with Gasteiger partial charge in [0.2, 0.25) is 0 Å². The standard InChI is InChI=1S/C7H8F3N3O2/c8-7(9,10)15-4-1-3(2-11)6(14)13-5(4)12/h1H,2,11H2,(H3,12,13,14). The van der Waals surface area contributed by atoms with Crippen LogP contribution in [-0.4, -0.2) is 11.3 Å². The molecule has 5 nitrogen and oxygen atoms in total. The molecule has 0 aliphatic heterocycles.